The minimum absolute atomic E-state index is 0.322. The van der Waals surface area contributed by atoms with Crippen LogP contribution in [0.4, 0.5) is 5.69 Å². The molecule has 0 saturated carbocycles. The zero-order valence-corrected chi connectivity index (χ0v) is 12.8. The molecule has 0 radical (unpaired) electrons. The number of esters is 1. The van der Waals surface area contributed by atoms with Crippen LogP contribution in [-0.4, -0.2) is 26.3 Å². The van der Waals surface area contributed by atoms with Crippen LogP contribution in [0.2, 0.25) is 0 Å². The summed E-state index contributed by atoms with van der Waals surface area (Å²) in [5, 5.41) is 0. The molecule has 2 rings (SSSR count). The van der Waals surface area contributed by atoms with E-state index >= 15 is 0 Å². The van der Waals surface area contributed by atoms with Gasteiger partial charge in [0.25, 0.3) is 0 Å². The highest BCUT2D eigenvalue weighted by Crippen LogP contribution is 2.24. The molecule has 0 heterocycles. The topological polar surface area (TPSA) is 65.0 Å². The lowest BCUT2D eigenvalue weighted by atomic mass is 10.1. The molecule has 0 amide bonds. The third kappa shape index (κ3) is 4.15. The number of hydrogen-bond donors (Lipinski definition) is 0. The smallest absolute Gasteiger partial charge is 0.337 e. The van der Waals surface area contributed by atoms with Crippen molar-refractivity contribution in [3.63, 3.8) is 0 Å². The number of carbonyl (C=O) groups is 1. The van der Waals surface area contributed by atoms with Crippen LogP contribution in [0.5, 0.6) is 5.75 Å². The molecule has 0 aliphatic carbocycles. The molecule has 0 atom stereocenters. The molecule has 0 saturated heterocycles. The van der Waals surface area contributed by atoms with Crippen molar-refractivity contribution in [2.75, 3.05) is 14.2 Å². The zero-order chi connectivity index (χ0) is 16.7. The second-order valence-electron chi connectivity index (χ2n) is 4.57. The van der Waals surface area contributed by atoms with E-state index in [9.17, 15) is 9.59 Å². The van der Waals surface area contributed by atoms with Crippen LogP contribution in [0.3, 0.4) is 0 Å². The number of carbonyl (C=O) groups excluding carboxylic acids is 2. The summed E-state index contributed by atoms with van der Waals surface area (Å²) in [4.78, 5) is 25.7. The molecule has 0 bridgehead atoms. The Morgan fingerprint density at radius 3 is 2.43 bits per heavy atom. The van der Waals surface area contributed by atoms with E-state index in [0.29, 0.717) is 16.8 Å². The minimum Gasteiger partial charge on any atom is -0.497 e. The molecule has 0 unspecified atom stereocenters. The van der Waals surface area contributed by atoms with Crippen LogP contribution in [0.1, 0.15) is 21.5 Å². The summed E-state index contributed by atoms with van der Waals surface area (Å²) in [5.74, 6) is 0.286. The lowest BCUT2D eigenvalue weighted by Gasteiger charge is -2.03. The second-order valence-corrected chi connectivity index (χ2v) is 4.57. The van der Waals surface area contributed by atoms with Gasteiger partial charge < -0.3 is 9.47 Å². The molecule has 5 heteroatoms. The first-order valence-electron chi connectivity index (χ1n) is 6.80. The SMILES string of the molecule is COC(=O)c1ccc(/C=C/c2ccc(OC)cc2)c(N=C=O)c1. The summed E-state index contributed by atoms with van der Waals surface area (Å²) >= 11 is 0. The largest absolute Gasteiger partial charge is 0.497 e. The summed E-state index contributed by atoms with van der Waals surface area (Å²) in [7, 11) is 2.90. The monoisotopic (exact) mass is 309 g/mol. The Labute approximate surface area is 133 Å². The number of rotatable bonds is 5. The summed E-state index contributed by atoms with van der Waals surface area (Å²) in [6, 6.07) is 12.3. The van der Waals surface area contributed by atoms with Gasteiger partial charge in [0, 0.05) is 5.56 Å². The molecule has 0 spiro atoms. The molecule has 23 heavy (non-hydrogen) atoms. The van der Waals surface area contributed by atoms with E-state index in [1.54, 1.807) is 25.3 Å². The Kier molecular flexibility index (Phi) is 5.45. The molecule has 0 fully saturated rings. The number of benzene rings is 2. The summed E-state index contributed by atoms with van der Waals surface area (Å²) in [6.07, 6.45) is 5.17. The van der Waals surface area contributed by atoms with Crippen molar-refractivity contribution in [2.24, 2.45) is 4.99 Å². The van der Waals surface area contributed by atoms with Crippen molar-refractivity contribution < 1.29 is 19.1 Å². The average Bonchev–Trinajstić information content (AvgIpc) is 2.60. The fourth-order valence-corrected chi connectivity index (χ4v) is 1.98. The van der Waals surface area contributed by atoms with Gasteiger partial charge in [0.1, 0.15) is 5.75 Å². The molecule has 0 aliphatic rings. The maximum Gasteiger partial charge on any atom is 0.337 e. The first-order valence-corrected chi connectivity index (χ1v) is 6.80. The van der Waals surface area contributed by atoms with Crippen molar-refractivity contribution in [1.29, 1.82) is 0 Å². The van der Waals surface area contributed by atoms with Gasteiger partial charge in [0.05, 0.1) is 25.5 Å². The van der Waals surface area contributed by atoms with Gasteiger partial charge in [-0.05, 0) is 29.8 Å². The summed E-state index contributed by atoms with van der Waals surface area (Å²) in [6.45, 7) is 0. The van der Waals surface area contributed by atoms with E-state index in [-0.39, 0.29) is 0 Å². The number of methoxy groups -OCH3 is 2. The predicted octanol–water partition coefficient (Wildman–Crippen LogP) is 3.62. The third-order valence-corrected chi connectivity index (χ3v) is 3.19. The van der Waals surface area contributed by atoms with Crippen LogP contribution in [-0.2, 0) is 9.53 Å². The Morgan fingerprint density at radius 1 is 1.09 bits per heavy atom. The first-order chi connectivity index (χ1) is 11.2. The molecular formula is C18H15NO4. The van der Waals surface area contributed by atoms with Crippen molar-refractivity contribution in [3.8, 4) is 5.75 Å². The summed E-state index contributed by atoms with van der Waals surface area (Å²) < 4.78 is 9.75. The fourth-order valence-electron chi connectivity index (χ4n) is 1.98. The van der Waals surface area contributed by atoms with Crippen LogP contribution in [0.25, 0.3) is 12.2 Å². The van der Waals surface area contributed by atoms with E-state index in [1.807, 2.05) is 30.3 Å². The highest BCUT2D eigenvalue weighted by Gasteiger charge is 2.08. The number of aliphatic imine (C=N–C) groups is 1. The first kappa shape index (κ1) is 16.2. The highest BCUT2D eigenvalue weighted by molar-refractivity contribution is 5.91. The maximum absolute atomic E-state index is 11.5. The van der Waals surface area contributed by atoms with Gasteiger partial charge in [-0.1, -0.05) is 30.4 Å². The van der Waals surface area contributed by atoms with Crippen molar-refractivity contribution in [3.05, 3.63) is 59.2 Å². The maximum atomic E-state index is 11.5. The van der Waals surface area contributed by atoms with Gasteiger partial charge in [-0.3, -0.25) is 0 Å². The predicted molar refractivity (Wildman–Crippen MR) is 87.5 cm³/mol. The normalized spacial score (nSPS) is 10.2. The van der Waals surface area contributed by atoms with Crippen molar-refractivity contribution >= 4 is 29.9 Å². The van der Waals surface area contributed by atoms with Gasteiger partial charge in [0.15, 0.2) is 0 Å². The molecule has 116 valence electrons. The second kappa shape index (κ2) is 7.73. The van der Waals surface area contributed by atoms with Crippen LogP contribution in [0.15, 0.2) is 47.5 Å². The van der Waals surface area contributed by atoms with E-state index in [2.05, 4.69) is 9.73 Å². The fraction of sp³-hybridized carbons (Fsp3) is 0.111. The Hall–Kier alpha value is -3.17. The van der Waals surface area contributed by atoms with E-state index in [0.717, 1.165) is 11.3 Å². The van der Waals surface area contributed by atoms with Crippen molar-refractivity contribution in [2.45, 2.75) is 0 Å². The molecule has 5 nitrogen and oxygen atoms in total. The summed E-state index contributed by atoms with van der Waals surface area (Å²) in [5.41, 5.74) is 2.33. The average molecular weight is 309 g/mol. The molecule has 0 N–H and O–H groups in total. The van der Waals surface area contributed by atoms with Crippen LogP contribution < -0.4 is 4.74 Å². The van der Waals surface area contributed by atoms with E-state index in [1.165, 1.54) is 19.3 Å². The minimum atomic E-state index is -0.488. The third-order valence-electron chi connectivity index (χ3n) is 3.19. The van der Waals surface area contributed by atoms with Gasteiger partial charge >= 0.3 is 5.97 Å². The number of hydrogen-bond acceptors (Lipinski definition) is 5. The van der Waals surface area contributed by atoms with Gasteiger partial charge in [-0.25, -0.2) is 9.59 Å². The lowest BCUT2D eigenvalue weighted by molar-refractivity contribution is 0.0601. The molecule has 2 aromatic carbocycles. The number of isocyanates is 1. The highest BCUT2D eigenvalue weighted by atomic mass is 16.5. The lowest BCUT2D eigenvalue weighted by Crippen LogP contribution is -2.00. The molecular weight excluding hydrogens is 294 g/mol. The van der Waals surface area contributed by atoms with E-state index < -0.39 is 5.97 Å². The Balaban J connectivity index is 2.32. The molecule has 0 aromatic heterocycles. The molecule has 0 aliphatic heterocycles. The van der Waals surface area contributed by atoms with Gasteiger partial charge in [-0.15, -0.1) is 0 Å². The van der Waals surface area contributed by atoms with Crippen LogP contribution >= 0.6 is 0 Å². The zero-order valence-electron chi connectivity index (χ0n) is 12.8. The van der Waals surface area contributed by atoms with E-state index in [4.69, 9.17) is 4.74 Å². The Bertz CT molecular complexity index is 772. The quantitative estimate of drug-likeness (QED) is 0.366. The van der Waals surface area contributed by atoms with Crippen molar-refractivity contribution in [1.82, 2.24) is 0 Å². The standard InChI is InChI=1S/C18H15NO4/c1-22-16-9-4-13(5-10-16)3-6-14-7-8-15(18(21)23-2)11-17(14)19-12-20/h3-11H,1-2H3/b6-3+. The molecule has 2 aromatic rings. The Morgan fingerprint density at radius 2 is 1.83 bits per heavy atom. The number of nitrogens with zero attached hydrogens (tertiary/aromatic N) is 1. The van der Waals surface area contributed by atoms with Gasteiger partial charge in [0.2, 0.25) is 6.08 Å². The number of ether oxygens (including phenoxy) is 2. The van der Waals surface area contributed by atoms with Gasteiger partial charge in [-0.2, -0.15) is 4.99 Å². The van der Waals surface area contributed by atoms with Crippen LogP contribution in [0, 0.1) is 0 Å².